The van der Waals surface area contributed by atoms with Crippen LogP contribution in [0.3, 0.4) is 0 Å². The summed E-state index contributed by atoms with van der Waals surface area (Å²) in [6, 6.07) is 0. The summed E-state index contributed by atoms with van der Waals surface area (Å²) >= 11 is 2.12. The molecule has 62 valence electrons. The Bertz CT molecular complexity index is 183. The van der Waals surface area contributed by atoms with Gasteiger partial charge in [-0.1, -0.05) is 28.5 Å². The fourth-order valence-corrected chi connectivity index (χ4v) is 0.999. The van der Waals surface area contributed by atoms with E-state index in [0.717, 1.165) is 4.43 Å². The molecule has 1 atom stereocenters. The molecule has 0 aliphatic carbocycles. The van der Waals surface area contributed by atoms with Crippen molar-refractivity contribution in [3.05, 3.63) is 0 Å². The Labute approximate surface area is 79.8 Å². The minimum atomic E-state index is -0.732. The Kier molecular flexibility index (Phi) is 6.03. The maximum atomic E-state index is 10.3. The van der Waals surface area contributed by atoms with E-state index in [1.807, 2.05) is 0 Å². The minimum absolute atomic E-state index is 0.166. The van der Waals surface area contributed by atoms with Crippen LogP contribution in [0.25, 0.3) is 0 Å². The number of halogens is 1. The van der Waals surface area contributed by atoms with Crippen LogP contribution < -0.4 is 5.73 Å². The Morgan fingerprint density at radius 1 is 1.82 bits per heavy atom. The molecule has 0 rings (SSSR count). The number of carbonyl (C=O) groups is 1. The molecule has 0 bridgehead atoms. The zero-order valence-electron chi connectivity index (χ0n) is 6.26. The molecule has 11 heavy (non-hydrogen) atoms. The minimum Gasteiger partial charge on any atom is -0.445 e. The number of primary amides is 1. The highest BCUT2D eigenvalue weighted by atomic mass is 127. The number of alkyl halides is 1. The number of ether oxygens (including phenoxy) is 1. The quantitative estimate of drug-likeness (QED) is 0.476. The molecule has 0 aromatic heterocycles. The highest BCUT2D eigenvalue weighted by molar-refractivity contribution is 14.1. The lowest BCUT2D eigenvalue weighted by molar-refractivity contribution is 0.122. The van der Waals surface area contributed by atoms with E-state index in [1.54, 1.807) is 6.92 Å². The molecule has 0 spiro atoms. The van der Waals surface area contributed by atoms with Gasteiger partial charge >= 0.3 is 6.09 Å². The normalized spacial score (nSPS) is 11.1. The molecule has 1 amide bonds. The molecule has 3 nitrogen and oxygen atoms in total. The van der Waals surface area contributed by atoms with Crippen molar-refractivity contribution in [3.8, 4) is 11.8 Å². The van der Waals surface area contributed by atoms with Crippen LogP contribution in [0.2, 0.25) is 0 Å². The van der Waals surface area contributed by atoms with Crippen LogP contribution in [-0.4, -0.2) is 16.6 Å². The Morgan fingerprint density at radius 3 is 2.82 bits per heavy atom. The van der Waals surface area contributed by atoms with Gasteiger partial charge in [-0.25, -0.2) is 4.79 Å². The maximum absolute atomic E-state index is 10.3. The lowest BCUT2D eigenvalue weighted by Crippen LogP contribution is -2.23. The number of rotatable bonds is 3. The first-order valence-electron chi connectivity index (χ1n) is 3.12. The van der Waals surface area contributed by atoms with E-state index in [9.17, 15) is 4.79 Å². The van der Waals surface area contributed by atoms with Crippen molar-refractivity contribution in [2.75, 3.05) is 4.43 Å². The number of hydrogen-bond donors (Lipinski definition) is 1. The van der Waals surface area contributed by atoms with Crippen molar-refractivity contribution in [2.24, 2.45) is 5.73 Å². The molecule has 2 N–H and O–H groups in total. The van der Waals surface area contributed by atoms with Crippen molar-refractivity contribution >= 4 is 28.7 Å². The highest BCUT2D eigenvalue weighted by Crippen LogP contribution is 2.01. The van der Waals surface area contributed by atoms with E-state index < -0.39 is 6.09 Å². The van der Waals surface area contributed by atoms with Crippen molar-refractivity contribution < 1.29 is 9.53 Å². The zero-order chi connectivity index (χ0) is 8.69. The molecule has 1 unspecified atom stereocenters. The monoisotopic (exact) mass is 267 g/mol. The summed E-state index contributed by atoms with van der Waals surface area (Å²) in [5, 5.41) is 0. The van der Waals surface area contributed by atoms with Crippen LogP contribution in [0.4, 0.5) is 4.79 Å². The van der Waals surface area contributed by atoms with E-state index in [2.05, 4.69) is 34.4 Å². The molecule has 4 heteroatoms. The molecule has 0 radical (unpaired) electrons. The molecule has 0 aliphatic heterocycles. The standard InChI is InChI=1S/C7H10INO2/c1-2-3-4-6(5-8)11-7(9)10/h6H,4-5H2,1H3,(H2,9,10). The molecule has 0 aromatic carbocycles. The van der Waals surface area contributed by atoms with Gasteiger partial charge in [0.15, 0.2) is 0 Å². The second-order valence-corrected chi connectivity index (χ2v) is 2.72. The number of carbonyl (C=O) groups excluding carboxylic acids is 1. The predicted molar refractivity (Wildman–Crippen MR) is 51.4 cm³/mol. The average molecular weight is 267 g/mol. The van der Waals surface area contributed by atoms with Crippen LogP contribution in [0.15, 0.2) is 0 Å². The number of hydrogen-bond acceptors (Lipinski definition) is 2. The summed E-state index contributed by atoms with van der Waals surface area (Å²) in [5.74, 6) is 5.54. The first kappa shape index (κ1) is 10.6. The molecule has 0 saturated carbocycles. The van der Waals surface area contributed by atoms with E-state index in [-0.39, 0.29) is 6.10 Å². The lowest BCUT2D eigenvalue weighted by atomic mass is 10.3. The lowest BCUT2D eigenvalue weighted by Gasteiger charge is -2.09. The van der Waals surface area contributed by atoms with Crippen LogP contribution in [-0.2, 0) is 4.74 Å². The summed E-state index contributed by atoms with van der Waals surface area (Å²) in [7, 11) is 0. The third kappa shape index (κ3) is 5.98. The molecule has 0 aliphatic rings. The summed E-state index contributed by atoms with van der Waals surface area (Å²) in [6.45, 7) is 1.74. The average Bonchev–Trinajstić information content (AvgIpc) is 1.97. The van der Waals surface area contributed by atoms with Crippen LogP contribution in [0.1, 0.15) is 13.3 Å². The van der Waals surface area contributed by atoms with Gasteiger partial charge in [0.05, 0.1) is 0 Å². The summed E-state index contributed by atoms with van der Waals surface area (Å²) < 4.78 is 5.45. The van der Waals surface area contributed by atoms with Crippen molar-refractivity contribution in [3.63, 3.8) is 0 Å². The predicted octanol–water partition coefficient (Wildman–Crippen LogP) is 1.30. The summed E-state index contributed by atoms with van der Waals surface area (Å²) in [6.07, 6.45) is -0.340. The molecule has 0 saturated heterocycles. The van der Waals surface area contributed by atoms with Gasteiger partial charge in [0.25, 0.3) is 0 Å². The Morgan fingerprint density at radius 2 is 2.45 bits per heavy atom. The highest BCUT2D eigenvalue weighted by Gasteiger charge is 2.07. The van der Waals surface area contributed by atoms with E-state index in [4.69, 9.17) is 10.5 Å². The number of nitrogens with two attached hydrogens (primary N) is 1. The second kappa shape index (κ2) is 6.28. The van der Waals surface area contributed by atoms with Gasteiger partial charge in [-0.05, 0) is 6.92 Å². The molecule has 0 heterocycles. The fraction of sp³-hybridized carbons (Fsp3) is 0.571. The molecular formula is C7H10INO2. The third-order valence-corrected chi connectivity index (χ3v) is 1.94. The Hall–Kier alpha value is -0.440. The van der Waals surface area contributed by atoms with Crippen molar-refractivity contribution in [2.45, 2.75) is 19.4 Å². The molecule has 0 fully saturated rings. The Balaban J connectivity index is 3.72. The fourth-order valence-electron chi connectivity index (χ4n) is 0.508. The summed E-state index contributed by atoms with van der Waals surface area (Å²) in [5.41, 5.74) is 4.83. The molecular weight excluding hydrogens is 257 g/mol. The van der Waals surface area contributed by atoms with Crippen LogP contribution in [0.5, 0.6) is 0 Å². The van der Waals surface area contributed by atoms with Crippen molar-refractivity contribution in [1.82, 2.24) is 0 Å². The van der Waals surface area contributed by atoms with Gasteiger partial charge in [0, 0.05) is 10.8 Å². The van der Waals surface area contributed by atoms with Gasteiger partial charge in [-0.2, -0.15) is 0 Å². The number of amides is 1. The SMILES string of the molecule is CC#CCC(CI)OC(N)=O. The largest absolute Gasteiger partial charge is 0.445 e. The van der Waals surface area contributed by atoms with Gasteiger partial charge in [0.2, 0.25) is 0 Å². The van der Waals surface area contributed by atoms with Gasteiger partial charge in [0.1, 0.15) is 6.10 Å². The van der Waals surface area contributed by atoms with Crippen LogP contribution in [0, 0.1) is 11.8 Å². The molecule has 0 aromatic rings. The second-order valence-electron chi connectivity index (χ2n) is 1.84. The van der Waals surface area contributed by atoms with Gasteiger partial charge in [-0.3, -0.25) is 0 Å². The maximum Gasteiger partial charge on any atom is 0.404 e. The smallest absolute Gasteiger partial charge is 0.404 e. The zero-order valence-corrected chi connectivity index (χ0v) is 8.42. The van der Waals surface area contributed by atoms with E-state index >= 15 is 0 Å². The first-order chi connectivity index (χ1) is 5.20. The topological polar surface area (TPSA) is 52.3 Å². The first-order valence-corrected chi connectivity index (χ1v) is 4.65. The van der Waals surface area contributed by atoms with E-state index in [1.165, 1.54) is 0 Å². The third-order valence-electron chi connectivity index (χ3n) is 0.961. The van der Waals surface area contributed by atoms with E-state index in [0.29, 0.717) is 6.42 Å². The van der Waals surface area contributed by atoms with Gasteiger partial charge < -0.3 is 10.5 Å². The summed E-state index contributed by atoms with van der Waals surface area (Å²) in [4.78, 5) is 10.3. The van der Waals surface area contributed by atoms with Crippen LogP contribution >= 0.6 is 22.6 Å². The van der Waals surface area contributed by atoms with Crippen molar-refractivity contribution in [1.29, 1.82) is 0 Å². The van der Waals surface area contributed by atoms with Gasteiger partial charge in [-0.15, -0.1) is 5.92 Å².